The molecule has 2 heterocycles. The van der Waals surface area contributed by atoms with Crippen LogP contribution in [0.1, 0.15) is 31.2 Å². The Kier molecular flexibility index (Phi) is 5.21. The number of likely N-dealkylation sites (tertiary alicyclic amines) is 1. The highest BCUT2D eigenvalue weighted by molar-refractivity contribution is 5.40. The van der Waals surface area contributed by atoms with Gasteiger partial charge >= 0.3 is 0 Å². The molecule has 22 heavy (non-hydrogen) atoms. The zero-order valence-corrected chi connectivity index (χ0v) is 13.8. The fourth-order valence-corrected chi connectivity index (χ4v) is 3.87. The number of ether oxygens (including phenoxy) is 2. The zero-order valence-electron chi connectivity index (χ0n) is 13.8. The predicted octanol–water partition coefficient (Wildman–Crippen LogP) is 2.67. The minimum Gasteiger partial charge on any atom is -0.497 e. The summed E-state index contributed by atoms with van der Waals surface area (Å²) in [5, 5.41) is 3.67. The van der Waals surface area contributed by atoms with Crippen molar-refractivity contribution in [3.05, 3.63) is 23.8 Å². The SMILES string of the molecule is COc1ccc(OC)c(CN2CCC(C3CCCN3)CC2)c1. The predicted molar refractivity (Wildman–Crippen MR) is 88.6 cm³/mol. The molecule has 0 aromatic heterocycles. The van der Waals surface area contributed by atoms with E-state index in [0.717, 1.165) is 30.0 Å². The average molecular weight is 304 g/mol. The molecule has 2 saturated heterocycles. The minimum atomic E-state index is 0.772. The summed E-state index contributed by atoms with van der Waals surface area (Å²) in [4.78, 5) is 2.54. The van der Waals surface area contributed by atoms with Gasteiger partial charge in [0.25, 0.3) is 0 Å². The van der Waals surface area contributed by atoms with E-state index in [2.05, 4.69) is 16.3 Å². The first-order chi connectivity index (χ1) is 10.8. The van der Waals surface area contributed by atoms with E-state index in [1.165, 1.54) is 50.9 Å². The van der Waals surface area contributed by atoms with Crippen molar-refractivity contribution in [2.75, 3.05) is 33.9 Å². The normalized spacial score (nSPS) is 23.6. The number of benzene rings is 1. The van der Waals surface area contributed by atoms with Gasteiger partial charge in [0.05, 0.1) is 14.2 Å². The third-order valence-electron chi connectivity index (χ3n) is 5.18. The molecule has 1 aromatic rings. The number of piperidine rings is 1. The van der Waals surface area contributed by atoms with Crippen LogP contribution < -0.4 is 14.8 Å². The van der Waals surface area contributed by atoms with Crippen molar-refractivity contribution < 1.29 is 9.47 Å². The first-order valence-electron chi connectivity index (χ1n) is 8.47. The first-order valence-corrected chi connectivity index (χ1v) is 8.47. The maximum atomic E-state index is 5.50. The Morgan fingerprint density at radius 1 is 1.14 bits per heavy atom. The van der Waals surface area contributed by atoms with E-state index in [9.17, 15) is 0 Å². The molecule has 1 atom stereocenters. The van der Waals surface area contributed by atoms with Gasteiger partial charge in [-0.05, 0) is 69.4 Å². The largest absolute Gasteiger partial charge is 0.497 e. The molecular weight excluding hydrogens is 276 g/mol. The topological polar surface area (TPSA) is 33.7 Å². The van der Waals surface area contributed by atoms with Crippen LogP contribution >= 0.6 is 0 Å². The highest BCUT2D eigenvalue weighted by Crippen LogP contribution is 2.29. The van der Waals surface area contributed by atoms with Gasteiger partial charge in [-0.2, -0.15) is 0 Å². The summed E-state index contributed by atoms with van der Waals surface area (Å²) in [7, 11) is 3.45. The quantitative estimate of drug-likeness (QED) is 0.907. The van der Waals surface area contributed by atoms with Gasteiger partial charge in [-0.3, -0.25) is 4.90 Å². The van der Waals surface area contributed by atoms with Crippen LogP contribution in [0.3, 0.4) is 0 Å². The third-order valence-corrected chi connectivity index (χ3v) is 5.18. The lowest BCUT2D eigenvalue weighted by molar-refractivity contribution is 0.156. The van der Waals surface area contributed by atoms with E-state index >= 15 is 0 Å². The van der Waals surface area contributed by atoms with Gasteiger partial charge in [-0.15, -0.1) is 0 Å². The molecule has 1 N–H and O–H groups in total. The summed E-state index contributed by atoms with van der Waals surface area (Å²) in [6, 6.07) is 6.83. The highest BCUT2D eigenvalue weighted by atomic mass is 16.5. The van der Waals surface area contributed by atoms with Crippen molar-refractivity contribution in [1.82, 2.24) is 10.2 Å². The summed E-state index contributed by atoms with van der Waals surface area (Å²) in [5.74, 6) is 2.73. The minimum absolute atomic E-state index is 0.772. The molecule has 1 unspecified atom stereocenters. The van der Waals surface area contributed by atoms with Crippen LogP contribution in [0.4, 0.5) is 0 Å². The standard InChI is InChI=1S/C18H28N2O2/c1-21-16-5-6-18(22-2)15(12-16)13-20-10-7-14(8-11-20)17-4-3-9-19-17/h5-6,12,14,17,19H,3-4,7-11,13H2,1-2H3. The van der Waals surface area contributed by atoms with E-state index in [1.54, 1.807) is 14.2 Å². The highest BCUT2D eigenvalue weighted by Gasteiger charge is 2.28. The monoisotopic (exact) mass is 304 g/mol. The molecule has 0 amide bonds. The van der Waals surface area contributed by atoms with E-state index in [0.29, 0.717) is 0 Å². The van der Waals surface area contributed by atoms with Crippen LogP contribution in [0.15, 0.2) is 18.2 Å². The van der Waals surface area contributed by atoms with E-state index in [-0.39, 0.29) is 0 Å². The summed E-state index contributed by atoms with van der Waals surface area (Å²) >= 11 is 0. The summed E-state index contributed by atoms with van der Waals surface area (Å²) in [6.45, 7) is 4.53. The lowest BCUT2D eigenvalue weighted by Crippen LogP contribution is -2.40. The molecule has 0 aliphatic carbocycles. The van der Waals surface area contributed by atoms with Crippen LogP contribution in [0.25, 0.3) is 0 Å². The number of hydrogen-bond acceptors (Lipinski definition) is 4. The molecule has 2 fully saturated rings. The first kappa shape index (κ1) is 15.6. The van der Waals surface area contributed by atoms with Crippen LogP contribution in [0.2, 0.25) is 0 Å². The number of hydrogen-bond donors (Lipinski definition) is 1. The van der Waals surface area contributed by atoms with Crippen LogP contribution in [-0.4, -0.2) is 44.8 Å². The molecule has 0 bridgehead atoms. The second-order valence-corrected chi connectivity index (χ2v) is 6.49. The van der Waals surface area contributed by atoms with Crippen molar-refractivity contribution in [1.29, 1.82) is 0 Å². The van der Waals surface area contributed by atoms with Gasteiger partial charge < -0.3 is 14.8 Å². The summed E-state index contributed by atoms with van der Waals surface area (Å²) in [5.41, 5.74) is 1.22. The Bertz CT molecular complexity index is 478. The van der Waals surface area contributed by atoms with Crippen molar-refractivity contribution in [3.8, 4) is 11.5 Å². The van der Waals surface area contributed by atoms with Gasteiger partial charge in [0.1, 0.15) is 11.5 Å². The Balaban J connectivity index is 1.58. The number of nitrogens with one attached hydrogen (secondary N) is 1. The van der Waals surface area contributed by atoms with Gasteiger partial charge in [0.15, 0.2) is 0 Å². The molecule has 2 aliphatic rings. The Hall–Kier alpha value is -1.26. The van der Waals surface area contributed by atoms with Gasteiger partial charge in [0.2, 0.25) is 0 Å². The molecule has 1 aromatic carbocycles. The van der Waals surface area contributed by atoms with Gasteiger partial charge in [-0.1, -0.05) is 0 Å². The molecule has 3 rings (SSSR count). The zero-order chi connectivity index (χ0) is 15.4. The van der Waals surface area contributed by atoms with Gasteiger partial charge in [-0.25, -0.2) is 0 Å². The lowest BCUT2D eigenvalue weighted by atomic mass is 9.88. The van der Waals surface area contributed by atoms with Crippen molar-refractivity contribution >= 4 is 0 Å². The van der Waals surface area contributed by atoms with Gasteiger partial charge in [0, 0.05) is 18.2 Å². The summed E-state index contributed by atoms with van der Waals surface area (Å²) in [6.07, 6.45) is 5.34. The smallest absolute Gasteiger partial charge is 0.123 e. The number of nitrogens with zero attached hydrogens (tertiary/aromatic N) is 1. The Morgan fingerprint density at radius 2 is 1.95 bits per heavy atom. The molecule has 0 spiro atoms. The fourth-order valence-electron chi connectivity index (χ4n) is 3.87. The van der Waals surface area contributed by atoms with E-state index in [4.69, 9.17) is 9.47 Å². The third kappa shape index (κ3) is 3.55. The van der Waals surface area contributed by atoms with Crippen molar-refractivity contribution in [2.24, 2.45) is 5.92 Å². The molecule has 4 nitrogen and oxygen atoms in total. The van der Waals surface area contributed by atoms with Crippen LogP contribution in [0, 0.1) is 5.92 Å². The second kappa shape index (κ2) is 7.34. The van der Waals surface area contributed by atoms with E-state index < -0.39 is 0 Å². The van der Waals surface area contributed by atoms with Crippen LogP contribution in [-0.2, 0) is 6.54 Å². The Morgan fingerprint density at radius 3 is 2.59 bits per heavy atom. The molecule has 2 aliphatic heterocycles. The maximum Gasteiger partial charge on any atom is 0.123 e. The lowest BCUT2D eigenvalue weighted by Gasteiger charge is -2.35. The number of rotatable bonds is 5. The van der Waals surface area contributed by atoms with Crippen molar-refractivity contribution in [2.45, 2.75) is 38.3 Å². The maximum absolute atomic E-state index is 5.50. The molecule has 122 valence electrons. The molecule has 4 heteroatoms. The number of methoxy groups -OCH3 is 2. The second-order valence-electron chi connectivity index (χ2n) is 6.49. The average Bonchev–Trinajstić information content (AvgIpc) is 3.10. The van der Waals surface area contributed by atoms with Crippen LogP contribution in [0.5, 0.6) is 11.5 Å². The molecular formula is C18H28N2O2. The summed E-state index contributed by atoms with van der Waals surface area (Å²) < 4.78 is 10.8. The fraction of sp³-hybridized carbons (Fsp3) is 0.667. The van der Waals surface area contributed by atoms with Crippen molar-refractivity contribution in [3.63, 3.8) is 0 Å². The molecule has 0 saturated carbocycles. The Labute approximate surface area is 133 Å². The van der Waals surface area contributed by atoms with E-state index in [1.807, 2.05) is 12.1 Å². The molecule has 0 radical (unpaired) electrons.